The number of amides is 1. The fraction of sp³-hybridized carbons (Fsp3) is 0.957. The minimum Gasteiger partial charge on any atom is -0.375 e. The van der Waals surface area contributed by atoms with Gasteiger partial charge in [0.25, 0.3) is 0 Å². The number of likely N-dealkylation sites (tertiary alicyclic amines) is 1. The summed E-state index contributed by atoms with van der Waals surface area (Å²) in [6.07, 6.45) is 9.13. The molecule has 160 valence electrons. The third kappa shape index (κ3) is 4.73. The van der Waals surface area contributed by atoms with Gasteiger partial charge in [0.05, 0.1) is 5.60 Å². The molecule has 1 aliphatic carbocycles. The molecule has 0 aromatic carbocycles. The van der Waals surface area contributed by atoms with Gasteiger partial charge in [0.15, 0.2) is 0 Å². The van der Waals surface area contributed by atoms with Crippen molar-refractivity contribution in [1.82, 2.24) is 14.7 Å². The number of carbonyl (C=O) groups excluding carboxylic acids is 1. The minimum atomic E-state index is 0.0322. The van der Waals surface area contributed by atoms with Crippen LogP contribution in [0.4, 0.5) is 0 Å². The fourth-order valence-corrected chi connectivity index (χ4v) is 6.06. The summed E-state index contributed by atoms with van der Waals surface area (Å²) in [6, 6.07) is 0.673. The average Bonchev–Trinajstić information content (AvgIpc) is 3.23. The first-order valence-electron chi connectivity index (χ1n) is 11.9. The van der Waals surface area contributed by atoms with Gasteiger partial charge in [0.2, 0.25) is 5.91 Å². The average molecular weight is 392 g/mol. The summed E-state index contributed by atoms with van der Waals surface area (Å²) in [5.41, 5.74) is 0.0322. The van der Waals surface area contributed by atoms with E-state index in [1.54, 1.807) is 0 Å². The number of hydrogen-bond donors (Lipinski definition) is 0. The van der Waals surface area contributed by atoms with Crippen LogP contribution in [0.1, 0.15) is 65.2 Å². The predicted molar refractivity (Wildman–Crippen MR) is 112 cm³/mol. The predicted octanol–water partition coefficient (Wildman–Crippen LogP) is 2.99. The number of piperidine rings is 1. The van der Waals surface area contributed by atoms with Gasteiger partial charge < -0.3 is 14.5 Å². The zero-order valence-corrected chi connectivity index (χ0v) is 18.2. The van der Waals surface area contributed by atoms with Gasteiger partial charge in [-0.05, 0) is 44.4 Å². The number of nitrogens with zero attached hydrogens (tertiary/aromatic N) is 3. The number of rotatable bonds is 4. The lowest BCUT2D eigenvalue weighted by Gasteiger charge is -2.50. The van der Waals surface area contributed by atoms with E-state index < -0.39 is 0 Å². The van der Waals surface area contributed by atoms with Crippen LogP contribution in [0.5, 0.6) is 0 Å². The van der Waals surface area contributed by atoms with E-state index in [-0.39, 0.29) is 5.60 Å². The Hall–Kier alpha value is -0.650. The van der Waals surface area contributed by atoms with Crippen LogP contribution in [0.15, 0.2) is 0 Å². The number of piperazine rings is 1. The van der Waals surface area contributed by atoms with Crippen LogP contribution in [0, 0.1) is 11.8 Å². The highest BCUT2D eigenvalue weighted by Gasteiger charge is 2.43. The molecule has 1 amide bonds. The third-order valence-corrected chi connectivity index (χ3v) is 7.70. The molecule has 4 rings (SSSR count). The van der Waals surface area contributed by atoms with Crippen molar-refractivity contribution < 1.29 is 9.53 Å². The van der Waals surface area contributed by atoms with E-state index in [1.807, 2.05) is 0 Å². The van der Waals surface area contributed by atoms with Crippen molar-refractivity contribution in [1.29, 1.82) is 0 Å². The molecule has 0 N–H and O–H groups in total. The summed E-state index contributed by atoms with van der Waals surface area (Å²) < 4.78 is 6.38. The minimum absolute atomic E-state index is 0.0322. The Kier molecular flexibility index (Phi) is 6.63. The van der Waals surface area contributed by atoms with E-state index in [0.29, 0.717) is 17.9 Å². The van der Waals surface area contributed by atoms with Crippen molar-refractivity contribution in [2.75, 3.05) is 52.4 Å². The first-order chi connectivity index (χ1) is 13.5. The van der Waals surface area contributed by atoms with Gasteiger partial charge in [-0.1, -0.05) is 26.7 Å². The molecular formula is C23H41N3O2. The Labute approximate surface area is 171 Å². The highest BCUT2D eigenvalue weighted by atomic mass is 16.5. The molecule has 3 saturated heterocycles. The van der Waals surface area contributed by atoms with Crippen molar-refractivity contribution in [3.05, 3.63) is 0 Å². The maximum Gasteiger partial charge on any atom is 0.225 e. The van der Waals surface area contributed by atoms with Crippen LogP contribution < -0.4 is 0 Å². The van der Waals surface area contributed by atoms with Crippen molar-refractivity contribution >= 4 is 5.91 Å². The van der Waals surface area contributed by atoms with E-state index in [2.05, 4.69) is 28.5 Å². The molecular weight excluding hydrogens is 350 g/mol. The first kappa shape index (κ1) is 20.6. The van der Waals surface area contributed by atoms with Gasteiger partial charge >= 0.3 is 0 Å². The van der Waals surface area contributed by atoms with Crippen LogP contribution in [0.2, 0.25) is 0 Å². The van der Waals surface area contributed by atoms with Gasteiger partial charge in [-0.2, -0.15) is 0 Å². The summed E-state index contributed by atoms with van der Waals surface area (Å²) in [4.78, 5) is 20.3. The Morgan fingerprint density at radius 1 is 1.00 bits per heavy atom. The number of hydrogen-bond acceptors (Lipinski definition) is 4. The van der Waals surface area contributed by atoms with E-state index in [4.69, 9.17) is 4.74 Å². The summed E-state index contributed by atoms with van der Waals surface area (Å²) in [7, 11) is 0. The van der Waals surface area contributed by atoms with Gasteiger partial charge in [-0.3, -0.25) is 9.69 Å². The molecule has 3 heterocycles. The lowest BCUT2D eigenvalue weighted by Crippen LogP contribution is -2.57. The molecule has 0 aromatic heterocycles. The molecule has 0 bridgehead atoms. The molecule has 5 nitrogen and oxygen atoms in total. The number of carbonyl (C=O) groups is 1. The molecule has 4 fully saturated rings. The largest absolute Gasteiger partial charge is 0.375 e. The summed E-state index contributed by atoms with van der Waals surface area (Å²) in [5, 5.41) is 0. The van der Waals surface area contributed by atoms with Crippen molar-refractivity contribution in [3.8, 4) is 0 Å². The Balaban J connectivity index is 1.27. The molecule has 0 aromatic rings. The maximum atomic E-state index is 12.8. The molecule has 0 radical (unpaired) electrons. The van der Waals surface area contributed by atoms with Crippen LogP contribution in [-0.2, 0) is 9.53 Å². The molecule has 1 atom stereocenters. The second kappa shape index (κ2) is 9.01. The molecule has 5 heteroatoms. The van der Waals surface area contributed by atoms with E-state index in [0.717, 1.165) is 51.3 Å². The topological polar surface area (TPSA) is 36.0 Å². The van der Waals surface area contributed by atoms with Crippen LogP contribution in [0.25, 0.3) is 0 Å². The van der Waals surface area contributed by atoms with Gasteiger partial charge in [-0.25, -0.2) is 0 Å². The smallest absolute Gasteiger partial charge is 0.225 e. The molecule has 1 saturated carbocycles. The Bertz CT molecular complexity index is 516. The van der Waals surface area contributed by atoms with Crippen LogP contribution in [0.3, 0.4) is 0 Å². The highest BCUT2D eigenvalue weighted by Crippen LogP contribution is 2.38. The summed E-state index contributed by atoms with van der Waals surface area (Å²) >= 11 is 0. The van der Waals surface area contributed by atoms with Crippen molar-refractivity contribution in [2.24, 2.45) is 11.8 Å². The monoisotopic (exact) mass is 391 g/mol. The Morgan fingerprint density at radius 2 is 1.68 bits per heavy atom. The normalized spacial score (nSPS) is 30.4. The SMILES string of the molecule is CC(C)CN1CCN(C2CCOC3(CCN(C(=O)C4CCCC4)CC3)C2)CC1. The van der Waals surface area contributed by atoms with E-state index >= 15 is 0 Å². The lowest BCUT2D eigenvalue weighted by atomic mass is 9.81. The summed E-state index contributed by atoms with van der Waals surface area (Å²) in [5.74, 6) is 1.51. The standard InChI is InChI=1S/C23H41N3O2/c1-19(2)18-24-12-14-25(15-13-24)21-7-16-28-23(17-21)8-10-26(11-9-23)22(27)20-5-3-4-6-20/h19-21H,3-18H2,1-2H3. The number of ether oxygens (including phenoxy) is 1. The van der Waals surface area contributed by atoms with Gasteiger partial charge in [-0.15, -0.1) is 0 Å². The zero-order valence-electron chi connectivity index (χ0n) is 18.2. The maximum absolute atomic E-state index is 12.8. The van der Waals surface area contributed by atoms with Gasteiger partial charge in [0.1, 0.15) is 0 Å². The Morgan fingerprint density at radius 3 is 2.32 bits per heavy atom. The molecule has 1 unspecified atom stereocenters. The molecule has 28 heavy (non-hydrogen) atoms. The first-order valence-corrected chi connectivity index (χ1v) is 11.9. The van der Waals surface area contributed by atoms with E-state index in [1.165, 1.54) is 58.4 Å². The molecule has 1 spiro atoms. The third-order valence-electron chi connectivity index (χ3n) is 7.70. The van der Waals surface area contributed by atoms with Gasteiger partial charge in [0, 0.05) is 64.4 Å². The summed E-state index contributed by atoms with van der Waals surface area (Å²) in [6.45, 7) is 13.4. The quantitative estimate of drug-likeness (QED) is 0.738. The fourth-order valence-electron chi connectivity index (χ4n) is 6.06. The van der Waals surface area contributed by atoms with Crippen molar-refractivity contribution in [3.63, 3.8) is 0 Å². The zero-order chi connectivity index (χ0) is 19.6. The lowest BCUT2D eigenvalue weighted by molar-refractivity contribution is -0.153. The molecule has 3 aliphatic heterocycles. The highest BCUT2D eigenvalue weighted by molar-refractivity contribution is 5.79. The van der Waals surface area contributed by atoms with Crippen LogP contribution in [-0.4, -0.2) is 84.7 Å². The second-order valence-electron chi connectivity index (χ2n) is 10.2. The van der Waals surface area contributed by atoms with Crippen LogP contribution >= 0.6 is 0 Å². The second-order valence-corrected chi connectivity index (χ2v) is 10.2. The van der Waals surface area contributed by atoms with E-state index in [9.17, 15) is 4.79 Å². The van der Waals surface area contributed by atoms with Crippen molar-refractivity contribution in [2.45, 2.75) is 76.9 Å². The molecule has 4 aliphatic rings.